The van der Waals surface area contributed by atoms with Crippen LogP contribution in [0.5, 0.6) is 0 Å². The van der Waals surface area contributed by atoms with E-state index in [2.05, 4.69) is 52.1 Å². The molecule has 0 unspecified atom stereocenters. The number of amides is 1. The Bertz CT molecular complexity index is 680. The molecule has 1 aromatic rings. The molecule has 1 aromatic carbocycles. The molecular weight excluding hydrogens is 270 g/mol. The van der Waals surface area contributed by atoms with E-state index < -0.39 is 0 Å². The molecule has 0 heterocycles. The predicted molar refractivity (Wildman–Crippen MR) is 94.6 cm³/mol. The first-order chi connectivity index (χ1) is 10.3. The molecule has 0 aliphatic heterocycles. The Hall–Kier alpha value is -2.09. The van der Waals surface area contributed by atoms with Crippen molar-refractivity contribution in [3.63, 3.8) is 0 Å². The lowest BCUT2D eigenvalue weighted by molar-refractivity contribution is -0.114. The number of carbonyl (C=O) groups excluding carboxylic acids is 1. The first-order valence-electron chi connectivity index (χ1n) is 7.69. The standard InChI is InChI=1S/C20H25NO/c1-13-14(2)16(4)20(6,15(13)3)12-11-18-9-7-8-10-19(18)21-17(5)22/h7-12H,1-6H3,(H,21,22). The molecule has 1 aliphatic carbocycles. The predicted octanol–water partition coefficient (Wildman–Crippen LogP) is 5.35. The molecule has 116 valence electrons. The fraction of sp³-hybridized carbons (Fsp3) is 0.350. The first-order valence-corrected chi connectivity index (χ1v) is 7.69. The van der Waals surface area contributed by atoms with E-state index in [1.165, 1.54) is 29.2 Å². The van der Waals surface area contributed by atoms with Crippen molar-refractivity contribution in [1.82, 2.24) is 0 Å². The lowest BCUT2D eigenvalue weighted by Gasteiger charge is -2.25. The Morgan fingerprint density at radius 2 is 1.59 bits per heavy atom. The van der Waals surface area contributed by atoms with Crippen molar-refractivity contribution in [3.8, 4) is 0 Å². The summed E-state index contributed by atoms with van der Waals surface area (Å²) < 4.78 is 0. The second-order valence-electron chi connectivity index (χ2n) is 6.30. The monoisotopic (exact) mass is 295 g/mol. The molecule has 22 heavy (non-hydrogen) atoms. The van der Waals surface area contributed by atoms with Crippen molar-refractivity contribution in [3.05, 3.63) is 58.2 Å². The van der Waals surface area contributed by atoms with Crippen LogP contribution in [-0.2, 0) is 4.79 Å². The van der Waals surface area contributed by atoms with E-state index in [0.29, 0.717) is 0 Å². The van der Waals surface area contributed by atoms with Crippen LogP contribution in [0.1, 0.15) is 47.1 Å². The zero-order valence-electron chi connectivity index (χ0n) is 14.4. The highest BCUT2D eigenvalue weighted by Gasteiger charge is 2.33. The third-order valence-corrected chi connectivity index (χ3v) is 5.11. The molecule has 2 heteroatoms. The molecule has 0 spiro atoms. The second kappa shape index (κ2) is 5.96. The smallest absolute Gasteiger partial charge is 0.221 e. The topological polar surface area (TPSA) is 29.1 Å². The summed E-state index contributed by atoms with van der Waals surface area (Å²) in [4.78, 5) is 11.3. The molecular formula is C20H25NO. The maximum absolute atomic E-state index is 11.3. The van der Waals surface area contributed by atoms with Gasteiger partial charge in [0.05, 0.1) is 0 Å². The van der Waals surface area contributed by atoms with Gasteiger partial charge in [-0.05, 0) is 57.4 Å². The van der Waals surface area contributed by atoms with E-state index in [9.17, 15) is 4.79 Å². The molecule has 0 atom stereocenters. The third-order valence-electron chi connectivity index (χ3n) is 5.11. The molecule has 0 radical (unpaired) electrons. The zero-order chi connectivity index (χ0) is 16.5. The summed E-state index contributed by atoms with van der Waals surface area (Å²) in [5, 5.41) is 2.89. The average molecular weight is 295 g/mol. The Labute approximate surface area is 133 Å². The van der Waals surface area contributed by atoms with E-state index in [0.717, 1.165) is 11.3 Å². The summed E-state index contributed by atoms with van der Waals surface area (Å²) in [5.41, 5.74) is 7.41. The number of rotatable bonds is 3. The van der Waals surface area contributed by atoms with Crippen LogP contribution < -0.4 is 5.32 Å². The minimum Gasteiger partial charge on any atom is -0.326 e. The molecule has 0 saturated heterocycles. The van der Waals surface area contributed by atoms with Crippen LogP contribution in [-0.4, -0.2) is 5.91 Å². The Morgan fingerprint density at radius 3 is 2.14 bits per heavy atom. The average Bonchev–Trinajstić information content (AvgIpc) is 2.62. The van der Waals surface area contributed by atoms with E-state index in [1.54, 1.807) is 0 Å². The van der Waals surface area contributed by atoms with Crippen molar-refractivity contribution in [2.45, 2.75) is 41.5 Å². The number of carbonyl (C=O) groups is 1. The summed E-state index contributed by atoms with van der Waals surface area (Å²) in [5.74, 6) is -0.0493. The lowest BCUT2D eigenvalue weighted by Crippen LogP contribution is -2.14. The maximum atomic E-state index is 11.3. The van der Waals surface area contributed by atoms with Crippen LogP contribution in [0.4, 0.5) is 5.69 Å². The largest absolute Gasteiger partial charge is 0.326 e. The van der Waals surface area contributed by atoms with Crippen molar-refractivity contribution < 1.29 is 4.79 Å². The van der Waals surface area contributed by atoms with Crippen LogP contribution in [0.2, 0.25) is 0 Å². The van der Waals surface area contributed by atoms with Crippen LogP contribution in [0.25, 0.3) is 6.08 Å². The molecule has 0 saturated carbocycles. The molecule has 1 N–H and O–H groups in total. The number of anilines is 1. The van der Waals surface area contributed by atoms with Gasteiger partial charge in [-0.3, -0.25) is 4.79 Å². The summed E-state index contributed by atoms with van der Waals surface area (Å²) in [6.45, 7) is 12.6. The Balaban J connectivity index is 2.40. The minimum atomic E-state index is -0.0493. The third kappa shape index (κ3) is 2.78. The zero-order valence-corrected chi connectivity index (χ0v) is 14.4. The first kappa shape index (κ1) is 16.3. The molecule has 1 amide bonds. The van der Waals surface area contributed by atoms with Gasteiger partial charge in [0.1, 0.15) is 0 Å². The summed E-state index contributed by atoms with van der Waals surface area (Å²) in [6, 6.07) is 7.88. The Kier molecular flexibility index (Phi) is 4.41. The van der Waals surface area contributed by atoms with E-state index in [4.69, 9.17) is 0 Å². The number of para-hydroxylation sites is 1. The van der Waals surface area contributed by atoms with Crippen molar-refractivity contribution in [2.75, 3.05) is 5.32 Å². The quantitative estimate of drug-likeness (QED) is 0.800. The SMILES string of the molecule is CC(=O)Nc1ccccc1C=CC1(C)C(C)=C(C)C(C)=C1C. The number of nitrogens with one attached hydrogen (secondary N) is 1. The van der Waals surface area contributed by atoms with E-state index in [-0.39, 0.29) is 11.3 Å². The van der Waals surface area contributed by atoms with Crippen molar-refractivity contribution >= 4 is 17.7 Å². The normalized spacial score (nSPS) is 17.5. The number of hydrogen-bond acceptors (Lipinski definition) is 1. The van der Waals surface area contributed by atoms with Crippen molar-refractivity contribution in [2.24, 2.45) is 5.41 Å². The minimum absolute atomic E-state index is 0.0441. The molecule has 1 aliphatic rings. The molecule has 0 bridgehead atoms. The molecule has 0 fully saturated rings. The number of allylic oxidation sites excluding steroid dienone is 5. The fourth-order valence-electron chi connectivity index (χ4n) is 3.08. The van der Waals surface area contributed by atoms with Gasteiger partial charge in [-0.15, -0.1) is 0 Å². The summed E-state index contributed by atoms with van der Waals surface area (Å²) in [6.07, 6.45) is 4.36. The van der Waals surface area contributed by atoms with Gasteiger partial charge in [0.25, 0.3) is 0 Å². The van der Waals surface area contributed by atoms with Crippen LogP contribution in [0.3, 0.4) is 0 Å². The van der Waals surface area contributed by atoms with E-state index in [1.807, 2.05) is 24.3 Å². The second-order valence-corrected chi connectivity index (χ2v) is 6.30. The van der Waals surface area contributed by atoms with Gasteiger partial charge in [0, 0.05) is 18.0 Å². The number of hydrogen-bond donors (Lipinski definition) is 1. The number of benzene rings is 1. The highest BCUT2D eigenvalue weighted by atomic mass is 16.1. The van der Waals surface area contributed by atoms with Gasteiger partial charge in [0.2, 0.25) is 5.91 Å². The molecule has 2 nitrogen and oxygen atoms in total. The van der Waals surface area contributed by atoms with Crippen LogP contribution in [0.15, 0.2) is 52.6 Å². The van der Waals surface area contributed by atoms with Gasteiger partial charge in [-0.2, -0.15) is 0 Å². The van der Waals surface area contributed by atoms with Gasteiger partial charge in [0.15, 0.2) is 0 Å². The summed E-state index contributed by atoms with van der Waals surface area (Å²) >= 11 is 0. The lowest BCUT2D eigenvalue weighted by atomic mass is 9.79. The van der Waals surface area contributed by atoms with Gasteiger partial charge in [-0.1, -0.05) is 41.5 Å². The highest BCUT2D eigenvalue weighted by molar-refractivity contribution is 5.91. The molecule has 2 rings (SSSR count). The van der Waals surface area contributed by atoms with Crippen LogP contribution >= 0.6 is 0 Å². The summed E-state index contributed by atoms with van der Waals surface area (Å²) in [7, 11) is 0. The Morgan fingerprint density at radius 1 is 1.05 bits per heavy atom. The van der Waals surface area contributed by atoms with Gasteiger partial charge < -0.3 is 5.32 Å². The van der Waals surface area contributed by atoms with Crippen molar-refractivity contribution in [1.29, 1.82) is 0 Å². The highest BCUT2D eigenvalue weighted by Crippen LogP contribution is 2.47. The van der Waals surface area contributed by atoms with Gasteiger partial charge in [-0.25, -0.2) is 0 Å². The van der Waals surface area contributed by atoms with E-state index >= 15 is 0 Å². The van der Waals surface area contributed by atoms with Crippen LogP contribution in [0, 0.1) is 5.41 Å². The fourth-order valence-corrected chi connectivity index (χ4v) is 3.08. The van der Waals surface area contributed by atoms with Gasteiger partial charge >= 0.3 is 0 Å². The maximum Gasteiger partial charge on any atom is 0.221 e. The molecule has 0 aromatic heterocycles.